The summed E-state index contributed by atoms with van der Waals surface area (Å²) in [5, 5.41) is 23.3. The second-order valence-corrected chi connectivity index (χ2v) is 21.4. The maximum Gasteiger partial charge on any atom is 0.305 e. The first kappa shape index (κ1) is 68.1. The van der Waals surface area contributed by atoms with Gasteiger partial charge in [-0.2, -0.15) is 0 Å². The van der Waals surface area contributed by atoms with Crippen molar-refractivity contribution < 1.29 is 24.5 Å². The van der Waals surface area contributed by atoms with Crippen molar-refractivity contribution in [2.75, 3.05) is 13.2 Å². The molecular weight excluding hydrogens is 863 g/mol. The molecule has 0 aliphatic heterocycles. The number of amides is 1. The summed E-state index contributed by atoms with van der Waals surface area (Å²) in [7, 11) is 0. The van der Waals surface area contributed by atoms with E-state index in [1.807, 2.05) is 0 Å². The van der Waals surface area contributed by atoms with Gasteiger partial charge in [0.05, 0.1) is 25.4 Å². The molecule has 70 heavy (non-hydrogen) atoms. The molecule has 2 unspecified atom stereocenters. The number of carbonyl (C=O) groups is 2. The Balaban J connectivity index is 3.45. The molecule has 1 amide bonds. The molecular formula is C64H121NO5. The Labute approximate surface area is 436 Å². The summed E-state index contributed by atoms with van der Waals surface area (Å²) in [6.07, 6.45) is 74.4. The summed E-state index contributed by atoms with van der Waals surface area (Å²) < 4.78 is 5.47. The zero-order valence-electron chi connectivity index (χ0n) is 47.0. The molecule has 0 rings (SSSR count). The highest BCUT2D eigenvalue weighted by Crippen LogP contribution is 2.17. The van der Waals surface area contributed by atoms with Gasteiger partial charge in [-0.1, -0.05) is 275 Å². The molecule has 0 aromatic heterocycles. The summed E-state index contributed by atoms with van der Waals surface area (Å²) in [4.78, 5) is 24.5. The normalized spacial score (nSPS) is 12.8. The molecule has 0 aromatic carbocycles. The Kier molecular flexibility index (Phi) is 58.0. The summed E-state index contributed by atoms with van der Waals surface area (Å²) in [6, 6.07) is -0.549. The molecule has 412 valence electrons. The highest BCUT2D eigenvalue weighted by atomic mass is 16.5. The van der Waals surface area contributed by atoms with E-state index in [4.69, 9.17) is 4.74 Å². The van der Waals surface area contributed by atoms with E-state index in [0.717, 1.165) is 57.8 Å². The maximum atomic E-state index is 12.5. The summed E-state index contributed by atoms with van der Waals surface area (Å²) in [6.45, 7) is 4.95. The van der Waals surface area contributed by atoms with Crippen LogP contribution in [0.2, 0.25) is 0 Å². The van der Waals surface area contributed by atoms with Crippen molar-refractivity contribution in [3.05, 3.63) is 36.5 Å². The van der Waals surface area contributed by atoms with Crippen LogP contribution in [0.15, 0.2) is 36.5 Å². The topological polar surface area (TPSA) is 95.9 Å². The number of nitrogens with one attached hydrogen (secondary N) is 1. The highest BCUT2D eigenvalue weighted by Gasteiger charge is 2.20. The number of esters is 1. The molecule has 0 radical (unpaired) electrons. The molecule has 2 atom stereocenters. The number of allylic oxidation sites excluding steroid dienone is 6. The SMILES string of the molecule is CCCCCCC/C=C\CCCCCCCC(=O)OCCCCCCCCCCC/C=C\C/C=C\CCCCCCCCCC(=O)NC(CO)C(O)CCCCCCCCCCCCCCCCCC. The van der Waals surface area contributed by atoms with E-state index < -0.39 is 12.1 Å². The van der Waals surface area contributed by atoms with Crippen LogP contribution in [0.25, 0.3) is 0 Å². The first-order valence-corrected chi connectivity index (χ1v) is 31.2. The molecule has 0 aliphatic rings. The summed E-state index contributed by atoms with van der Waals surface area (Å²) in [5.41, 5.74) is 0. The molecule has 6 nitrogen and oxygen atoms in total. The first-order valence-electron chi connectivity index (χ1n) is 31.2. The molecule has 0 aliphatic carbocycles. The predicted octanol–water partition coefficient (Wildman–Crippen LogP) is 19.6. The fraction of sp³-hybridized carbons (Fsp3) is 0.875. The smallest absolute Gasteiger partial charge is 0.305 e. The molecule has 0 bridgehead atoms. The Morgan fingerprint density at radius 1 is 0.400 bits per heavy atom. The van der Waals surface area contributed by atoms with Crippen molar-refractivity contribution in [1.29, 1.82) is 0 Å². The Morgan fingerprint density at radius 2 is 0.714 bits per heavy atom. The molecule has 6 heteroatoms. The molecule has 0 heterocycles. The van der Waals surface area contributed by atoms with E-state index in [2.05, 4.69) is 55.6 Å². The Bertz CT molecular complexity index is 1130. The van der Waals surface area contributed by atoms with E-state index in [1.165, 1.54) is 244 Å². The van der Waals surface area contributed by atoms with E-state index in [0.29, 0.717) is 25.9 Å². The lowest BCUT2D eigenvalue weighted by molar-refractivity contribution is -0.143. The van der Waals surface area contributed by atoms with Crippen molar-refractivity contribution in [1.82, 2.24) is 5.32 Å². The van der Waals surface area contributed by atoms with Crippen molar-refractivity contribution in [2.24, 2.45) is 0 Å². The van der Waals surface area contributed by atoms with E-state index in [9.17, 15) is 19.8 Å². The van der Waals surface area contributed by atoms with Crippen LogP contribution in [0.3, 0.4) is 0 Å². The summed E-state index contributed by atoms with van der Waals surface area (Å²) >= 11 is 0. The Morgan fingerprint density at radius 3 is 1.10 bits per heavy atom. The largest absolute Gasteiger partial charge is 0.466 e. The number of carbonyl (C=O) groups excluding carboxylic acids is 2. The lowest BCUT2D eigenvalue weighted by atomic mass is 10.0. The van der Waals surface area contributed by atoms with Crippen molar-refractivity contribution in [3.63, 3.8) is 0 Å². The van der Waals surface area contributed by atoms with Crippen LogP contribution < -0.4 is 5.32 Å². The maximum absolute atomic E-state index is 12.5. The third-order valence-electron chi connectivity index (χ3n) is 14.4. The number of hydrogen-bond acceptors (Lipinski definition) is 5. The number of rotatable bonds is 58. The minimum Gasteiger partial charge on any atom is -0.466 e. The first-order chi connectivity index (χ1) is 34.5. The lowest BCUT2D eigenvalue weighted by Gasteiger charge is -2.22. The minimum absolute atomic E-state index is 0.00141. The van der Waals surface area contributed by atoms with Gasteiger partial charge in [0.25, 0.3) is 0 Å². The number of aliphatic hydroxyl groups is 2. The van der Waals surface area contributed by atoms with Crippen molar-refractivity contribution >= 4 is 11.9 Å². The zero-order valence-corrected chi connectivity index (χ0v) is 47.0. The van der Waals surface area contributed by atoms with E-state index in [1.54, 1.807) is 0 Å². The van der Waals surface area contributed by atoms with Gasteiger partial charge in [-0.05, 0) is 83.5 Å². The summed E-state index contributed by atoms with van der Waals surface area (Å²) in [5.74, 6) is -0.0453. The van der Waals surface area contributed by atoms with Gasteiger partial charge < -0.3 is 20.3 Å². The van der Waals surface area contributed by atoms with Crippen molar-refractivity contribution in [2.45, 2.75) is 347 Å². The second-order valence-electron chi connectivity index (χ2n) is 21.4. The number of hydrogen-bond donors (Lipinski definition) is 3. The molecule has 0 fully saturated rings. The third kappa shape index (κ3) is 55.4. The second kappa shape index (κ2) is 59.6. The Hall–Kier alpha value is -1.92. The van der Waals surface area contributed by atoms with Crippen LogP contribution in [0.4, 0.5) is 0 Å². The van der Waals surface area contributed by atoms with Crippen LogP contribution in [0.1, 0.15) is 335 Å². The van der Waals surface area contributed by atoms with Gasteiger partial charge in [-0.25, -0.2) is 0 Å². The average Bonchev–Trinajstić information content (AvgIpc) is 3.36. The predicted molar refractivity (Wildman–Crippen MR) is 306 cm³/mol. The van der Waals surface area contributed by atoms with E-state index in [-0.39, 0.29) is 18.5 Å². The van der Waals surface area contributed by atoms with Gasteiger partial charge in [0.2, 0.25) is 5.91 Å². The van der Waals surface area contributed by atoms with Gasteiger partial charge >= 0.3 is 5.97 Å². The standard InChI is InChI=1S/C64H121NO5/c1-3-5-7-9-11-13-15-17-19-29-32-36-40-44-48-52-56-62(67)61(60-66)65-63(68)57-53-49-45-41-37-33-30-27-25-23-21-20-22-24-26-28-31-35-39-43-47-51-55-59-70-64(69)58-54-50-46-42-38-34-18-16-14-12-10-8-6-4-2/h16,18,20,22-23,25,61-62,66-67H,3-15,17,19,21,24,26-60H2,1-2H3,(H,65,68)/b18-16-,22-20-,25-23-. The zero-order chi connectivity index (χ0) is 50.7. The quantitative estimate of drug-likeness (QED) is 0.0321. The van der Waals surface area contributed by atoms with Crippen LogP contribution in [0, 0.1) is 0 Å². The van der Waals surface area contributed by atoms with E-state index >= 15 is 0 Å². The monoisotopic (exact) mass is 984 g/mol. The lowest BCUT2D eigenvalue weighted by Crippen LogP contribution is -2.45. The van der Waals surface area contributed by atoms with Gasteiger partial charge in [-0.15, -0.1) is 0 Å². The van der Waals surface area contributed by atoms with Gasteiger partial charge in [0, 0.05) is 12.8 Å². The highest BCUT2D eigenvalue weighted by molar-refractivity contribution is 5.76. The minimum atomic E-state index is -0.671. The third-order valence-corrected chi connectivity index (χ3v) is 14.4. The average molecular weight is 985 g/mol. The number of aliphatic hydroxyl groups excluding tert-OH is 2. The van der Waals surface area contributed by atoms with Crippen LogP contribution in [-0.2, 0) is 14.3 Å². The van der Waals surface area contributed by atoms with Crippen LogP contribution in [-0.4, -0.2) is 47.4 Å². The molecule has 0 saturated heterocycles. The molecule has 0 saturated carbocycles. The number of unbranched alkanes of at least 4 members (excludes halogenated alkanes) is 41. The molecule has 3 N–H and O–H groups in total. The van der Waals surface area contributed by atoms with Gasteiger partial charge in [0.1, 0.15) is 0 Å². The number of ether oxygens (including phenoxy) is 1. The fourth-order valence-electron chi connectivity index (χ4n) is 9.61. The fourth-order valence-corrected chi connectivity index (χ4v) is 9.61. The van der Waals surface area contributed by atoms with Gasteiger partial charge in [-0.3, -0.25) is 9.59 Å². The molecule has 0 aromatic rings. The van der Waals surface area contributed by atoms with Crippen molar-refractivity contribution in [3.8, 4) is 0 Å². The van der Waals surface area contributed by atoms with Crippen LogP contribution >= 0.6 is 0 Å². The van der Waals surface area contributed by atoms with Crippen LogP contribution in [0.5, 0.6) is 0 Å². The van der Waals surface area contributed by atoms with Gasteiger partial charge in [0.15, 0.2) is 0 Å². The molecule has 0 spiro atoms.